The molecule has 82 valence electrons. The van der Waals surface area contributed by atoms with Crippen molar-refractivity contribution in [3.8, 4) is 0 Å². The van der Waals surface area contributed by atoms with Gasteiger partial charge >= 0.3 is 0 Å². The van der Waals surface area contributed by atoms with Crippen LogP contribution in [-0.2, 0) is 19.4 Å². The fourth-order valence-electron chi connectivity index (χ4n) is 2.46. The summed E-state index contributed by atoms with van der Waals surface area (Å²) < 4.78 is 0. The lowest BCUT2D eigenvalue weighted by Crippen LogP contribution is -2.27. The Morgan fingerprint density at radius 3 is 2.87 bits per heavy atom. The zero-order chi connectivity index (χ0) is 10.8. The van der Waals surface area contributed by atoms with Crippen molar-refractivity contribution in [2.45, 2.75) is 33.2 Å². The van der Waals surface area contributed by atoms with E-state index in [0.717, 1.165) is 12.5 Å². The Kier molecular flexibility index (Phi) is 3.11. The minimum Gasteiger partial charge on any atom is -0.302 e. The molecule has 0 saturated carbocycles. The van der Waals surface area contributed by atoms with Gasteiger partial charge in [-0.3, -0.25) is 0 Å². The second-order valence-electron chi connectivity index (χ2n) is 5.14. The van der Waals surface area contributed by atoms with Crippen LogP contribution in [0.15, 0.2) is 18.2 Å². The van der Waals surface area contributed by atoms with E-state index in [2.05, 4.69) is 44.0 Å². The van der Waals surface area contributed by atoms with Crippen molar-refractivity contribution in [1.82, 2.24) is 4.90 Å². The van der Waals surface area contributed by atoms with Crippen molar-refractivity contribution in [1.29, 1.82) is 0 Å². The fourth-order valence-corrected chi connectivity index (χ4v) is 2.46. The van der Waals surface area contributed by atoms with E-state index in [1.807, 2.05) is 0 Å². The molecule has 0 spiro atoms. The SMILES string of the molecule is CC(C)Cc1cccc2c1CCN(C)C2. The molecule has 0 amide bonds. The lowest BCUT2D eigenvalue weighted by molar-refractivity contribution is 0.312. The number of rotatable bonds is 2. The van der Waals surface area contributed by atoms with Crippen molar-refractivity contribution in [3.05, 3.63) is 34.9 Å². The first-order chi connectivity index (χ1) is 7.16. The fraction of sp³-hybridized carbons (Fsp3) is 0.571. The van der Waals surface area contributed by atoms with Gasteiger partial charge in [0, 0.05) is 13.1 Å². The topological polar surface area (TPSA) is 3.24 Å². The Bertz CT molecular complexity index is 341. The minimum absolute atomic E-state index is 0.760. The normalized spacial score (nSPS) is 16.8. The van der Waals surface area contributed by atoms with Crippen LogP contribution < -0.4 is 0 Å². The Labute approximate surface area is 93.1 Å². The van der Waals surface area contributed by atoms with Gasteiger partial charge in [-0.25, -0.2) is 0 Å². The van der Waals surface area contributed by atoms with Gasteiger partial charge in [0.2, 0.25) is 0 Å². The van der Waals surface area contributed by atoms with Gasteiger partial charge in [-0.15, -0.1) is 0 Å². The molecule has 1 heterocycles. The summed E-state index contributed by atoms with van der Waals surface area (Å²) in [5, 5.41) is 0. The zero-order valence-electron chi connectivity index (χ0n) is 10.1. The molecule has 0 N–H and O–H groups in total. The summed E-state index contributed by atoms with van der Waals surface area (Å²) in [6.07, 6.45) is 2.46. The Hall–Kier alpha value is -0.820. The predicted molar refractivity (Wildman–Crippen MR) is 65.0 cm³/mol. The van der Waals surface area contributed by atoms with Crippen LogP contribution >= 0.6 is 0 Å². The third-order valence-electron chi connectivity index (χ3n) is 3.18. The number of hydrogen-bond donors (Lipinski definition) is 0. The molecule has 0 unspecified atom stereocenters. The molecule has 15 heavy (non-hydrogen) atoms. The first-order valence-corrected chi connectivity index (χ1v) is 5.95. The monoisotopic (exact) mass is 203 g/mol. The molecule has 0 aliphatic carbocycles. The highest BCUT2D eigenvalue weighted by Gasteiger charge is 2.15. The van der Waals surface area contributed by atoms with Crippen molar-refractivity contribution < 1.29 is 0 Å². The first kappa shape index (κ1) is 10.7. The molecule has 0 radical (unpaired) electrons. The van der Waals surface area contributed by atoms with E-state index in [4.69, 9.17) is 0 Å². The minimum atomic E-state index is 0.760. The number of hydrogen-bond acceptors (Lipinski definition) is 1. The molecule has 1 aromatic carbocycles. The lowest BCUT2D eigenvalue weighted by atomic mass is 9.90. The number of likely N-dealkylation sites (N-methyl/N-ethyl adjacent to an activating group) is 1. The third-order valence-corrected chi connectivity index (χ3v) is 3.18. The predicted octanol–water partition coefficient (Wildman–Crippen LogP) is 2.87. The maximum atomic E-state index is 2.40. The van der Waals surface area contributed by atoms with Crippen LogP contribution in [0.2, 0.25) is 0 Å². The van der Waals surface area contributed by atoms with Gasteiger partial charge < -0.3 is 4.90 Å². The lowest BCUT2D eigenvalue weighted by Gasteiger charge is -2.27. The van der Waals surface area contributed by atoms with Crippen molar-refractivity contribution in [3.63, 3.8) is 0 Å². The molecule has 0 fully saturated rings. The van der Waals surface area contributed by atoms with Gasteiger partial charge in [0.05, 0.1) is 0 Å². The Morgan fingerprint density at radius 2 is 2.13 bits per heavy atom. The molecule has 1 aliphatic heterocycles. The van der Waals surface area contributed by atoms with Crippen LogP contribution in [-0.4, -0.2) is 18.5 Å². The van der Waals surface area contributed by atoms with Crippen LogP contribution in [0.5, 0.6) is 0 Å². The van der Waals surface area contributed by atoms with Gasteiger partial charge in [0.1, 0.15) is 0 Å². The average Bonchev–Trinajstić information content (AvgIpc) is 2.16. The molecule has 0 bridgehead atoms. The van der Waals surface area contributed by atoms with Crippen LogP contribution in [0.4, 0.5) is 0 Å². The van der Waals surface area contributed by atoms with E-state index >= 15 is 0 Å². The second-order valence-corrected chi connectivity index (χ2v) is 5.14. The maximum Gasteiger partial charge on any atom is 0.0233 e. The molecule has 1 aromatic rings. The summed E-state index contributed by atoms with van der Waals surface area (Å²) >= 11 is 0. The zero-order valence-corrected chi connectivity index (χ0v) is 10.1. The summed E-state index contributed by atoms with van der Waals surface area (Å²) in [5.74, 6) is 0.760. The van der Waals surface area contributed by atoms with Gasteiger partial charge in [-0.05, 0) is 42.5 Å². The van der Waals surface area contributed by atoms with Crippen molar-refractivity contribution >= 4 is 0 Å². The highest BCUT2D eigenvalue weighted by molar-refractivity contribution is 5.37. The van der Waals surface area contributed by atoms with E-state index < -0.39 is 0 Å². The molecule has 0 aromatic heterocycles. The summed E-state index contributed by atoms with van der Waals surface area (Å²) in [6, 6.07) is 6.81. The van der Waals surface area contributed by atoms with Crippen LogP contribution in [0.1, 0.15) is 30.5 Å². The highest BCUT2D eigenvalue weighted by Crippen LogP contribution is 2.23. The van der Waals surface area contributed by atoms with E-state index in [9.17, 15) is 0 Å². The van der Waals surface area contributed by atoms with E-state index in [1.165, 1.54) is 19.4 Å². The second kappa shape index (κ2) is 4.36. The third kappa shape index (κ3) is 2.40. The molecule has 1 nitrogen and oxygen atoms in total. The smallest absolute Gasteiger partial charge is 0.0233 e. The molecular weight excluding hydrogens is 182 g/mol. The van der Waals surface area contributed by atoms with Crippen LogP contribution in [0.3, 0.4) is 0 Å². The van der Waals surface area contributed by atoms with E-state index in [1.54, 1.807) is 16.7 Å². The molecule has 0 atom stereocenters. The summed E-state index contributed by atoms with van der Waals surface area (Å²) in [7, 11) is 2.21. The number of benzene rings is 1. The van der Waals surface area contributed by atoms with Gasteiger partial charge in [0.15, 0.2) is 0 Å². The van der Waals surface area contributed by atoms with Crippen LogP contribution in [0, 0.1) is 5.92 Å². The van der Waals surface area contributed by atoms with Gasteiger partial charge in [-0.2, -0.15) is 0 Å². The largest absolute Gasteiger partial charge is 0.302 e. The quantitative estimate of drug-likeness (QED) is 0.714. The molecule has 1 heteroatoms. The van der Waals surface area contributed by atoms with Crippen LogP contribution in [0.25, 0.3) is 0 Å². The standard InChI is InChI=1S/C14H21N/c1-11(2)9-12-5-4-6-13-10-15(3)8-7-14(12)13/h4-6,11H,7-10H2,1-3H3. The molecule has 2 rings (SSSR count). The first-order valence-electron chi connectivity index (χ1n) is 5.95. The van der Waals surface area contributed by atoms with Gasteiger partial charge in [-0.1, -0.05) is 32.0 Å². The Balaban J connectivity index is 2.29. The van der Waals surface area contributed by atoms with Gasteiger partial charge in [0.25, 0.3) is 0 Å². The molecular formula is C14H21N. The number of fused-ring (bicyclic) bond motifs is 1. The van der Waals surface area contributed by atoms with E-state index in [-0.39, 0.29) is 0 Å². The van der Waals surface area contributed by atoms with Crippen molar-refractivity contribution in [2.24, 2.45) is 5.92 Å². The number of nitrogens with zero attached hydrogens (tertiary/aromatic N) is 1. The maximum absolute atomic E-state index is 2.40. The molecule has 1 aliphatic rings. The summed E-state index contributed by atoms with van der Waals surface area (Å²) in [5.41, 5.74) is 4.75. The Morgan fingerprint density at radius 1 is 1.33 bits per heavy atom. The summed E-state index contributed by atoms with van der Waals surface area (Å²) in [4.78, 5) is 2.40. The van der Waals surface area contributed by atoms with Crippen molar-refractivity contribution in [2.75, 3.05) is 13.6 Å². The van der Waals surface area contributed by atoms with E-state index in [0.29, 0.717) is 0 Å². The highest BCUT2D eigenvalue weighted by atomic mass is 15.1. The average molecular weight is 203 g/mol. The molecule has 0 saturated heterocycles. The summed E-state index contributed by atoms with van der Waals surface area (Å²) in [6.45, 7) is 6.94.